The Morgan fingerprint density at radius 3 is 2.45 bits per heavy atom. The fourth-order valence-electron chi connectivity index (χ4n) is 1.83. The Kier molecular flexibility index (Phi) is 5.72. The number of rotatable bonds is 6. The van der Waals surface area contributed by atoms with Crippen molar-refractivity contribution in [1.82, 2.24) is 5.43 Å². The molecule has 4 nitrogen and oxygen atoms in total. The zero-order valence-corrected chi connectivity index (χ0v) is 12.9. The minimum Gasteiger partial charge on any atom is -0.484 e. The number of nitrogens with one attached hydrogen (secondary N) is 1. The zero-order chi connectivity index (χ0) is 15.8. The van der Waals surface area contributed by atoms with Crippen LogP contribution in [0.1, 0.15) is 23.6 Å². The van der Waals surface area contributed by atoms with E-state index in [4.69, 9.17) is 4.74 Å². The lowest BCUT2D eigenvalue weighted by Gasteiger charge is -2.05. The maximum Gasteiger partial charge on any atom is 0.277 e. The molecule has 2 aromatic rings. The van der Waals surface area contributed by atoms with Crippen LogP contribution in [0.3, 0.4) is 0 Å². The van der Waals surface area contributed by atoms with Gasteiger partial charge in [-0.05, 0) is 36.6 Å². The highest BCUT2D eigenvalue weighted by Gasteiger charge is 2.01. The Balaban J connectivity index is 1.76. The third kappa shape index (κ3) is 5.05. The number of hydrazone groups is 1. The second-order valence-electron chi connectivity index (χ2n) is 4.99. The van der Waals surface area contributed by atoms with Gasteiger partial charge in [-0.3, -0.25) is 4.79 Å². The van der Waals surface area contributed by atoms with E-state index >= 15 is 0 Å². The van der Waals surface area contributed by atoms with Crippen molar-refractivity contribution in [2.75, 3.05) is 6.61 Å². The molecule has 0 aromatic heterocycles. The number of carbonyl (C=O) groups is 1. The molecule has 2 aromatic carbocycles. The minimum absolute atomic E-state index is 0.0603. The Bertz CT molecular complexity index is 631. The summed E-state index contributed by atoms with van der Waals surface area (Å²) in [4.78, 5) is 11.6. The first-order valence-electron chi connectivity index (χ1n) is 7.27. The molecule has 0 saturated heterocycles. The van der Waals surface area contributed by atoms with Gasteiger partial charge in [-0.1, -0.05) is 48.9 Å². The van der Waals surface area contributed by atoms with Crippen LogP contribution >= 0.6 is 0 Å². The topological polar surface area (TPSA) is 50.7 Å². The van der Waals surface area contributed by atoms with E-state index in [9.17, 15) is 4.79 Å². The summed E-state index contributed by atoms with van der Waals surface area (Å²) in [5.41, 5.74) is 5.81. The van der Waals surface area contributed by atoms with Crippen molar-refractivity contribution in [2.45, 2.75) is 20.3 Å². The van der Waals surface area contributed by atoms with Crippen molar-refractivity contribution >= 4 is 12.1 Å². The molecule has 114 valence electrons. The summed E-state index contributed by atoms with van der Waals surface area (Å²) in [7, 11) is 0. The summed E-state index contributed by atoms with van der Waals surface area (Å²) >= 11 is 0. The van der Waals surface area contributed by atoms with E-state index in [1.165, 1.54) is 5.56 Å². The maximum absolute atomic E-state index is 11.6. The van der Waals surface area contributed by atoms with Crippen molar-refractivity contribution in [1.29, 1.82) is 0 Å². The van der Waals surface area contributed by atoms with Crippen LogP contribution in [0.2, 0.25) is 0 Å². The van der Waals surface area contributed by atoms with E-state index in [0.29, 0.717) is 5.75 Å². The molecule has 0 unspecified atom stereocenters. The predicted molar refractivity (Wildman–Crippen MR) is 88.2 cm³/mol. The molecular weight excluding hydrogens is 276 g/mol. The molecule has 0 atom stereocenters. The Hall–Kier alpha value is -2.62. The number of hydrogen-bond donors (Lipinski definition) is 1. The Morgan fingerprint density at radius 2 is 1.82 bits per heavy atom. The summed E-state index contributed by atoms with van der Waals surface area (Å²) in [5.74, 6) is 0.377. The monoisotopic (exact) mass is 296 g/mol. The van der Waals surface area contributed by atoms with Gasteiger partial charge in [0.15, 0.2) is 6.61 Å². The van der Waals surface area contributed by atoms with Crippen LogP contribution in [0.15, 0.2) is 53.6 Å². The molecule has 0 bridgehead atoms. The normalized spacial score (nSPS) is 10.6. The van der Waals surface area contributed by atoms with Gasteiger partial charge >= 0.3 is 0 Å². The molecule has 2 rings (SSSR count). The number of carbonyl (C=O) groups excluding carboxylic acids is 1. The molecule has 0 radical (unpaired) electrons. The molecule has 1 amide bonds. The number of ether oxygens (including phenoxy) is 1. The minimum atomic E-state index is -0.290. The summed E-state index contributed by atoms with van der Waals surface area (Å²) in [5, 5.41) is 3.92. The average Bonchev–Trinajstić information content (AvgIpc) is 2.55. The van der Waals surface area contributed by atoms with Crippen LogP contribution in [-0.4, -0.2) is 18.7 Å². The van der Waals surface area contributed by atoms with Crippen molar-refractivity contribution in [2.24, 2.45) is 5.10 Å². The van der Waals surface area contributed by atoms with E-state index in [0.717, 1.165) is 17.5 Å². The van der Waals surface area contributed by atoms with Gasteiger partial charge < -0.3 is 4.74 Å². The van der Waals surface area contributed by atoms with Crippen molar-refractivity contribution in [3.8, 4) is 5.75 Å². The second-order valence-corrected chi connectivity index (χ2v) is 4.99. The van der Waals surface area contributed by atoms with Gasteiger partial charge in [0, 0.05) is 0 Å². The van der Waals surface area contributed by atoms with Gasteiger partial charge in [0.1, 0.15) is 5.75 Å². The molecule has 0 spiro atoms. The summed E-state index contributed by atoms with van der Waals surface area (Å²) in [6.07, 6.45) is 2.62. The predicted octanol–water partition coefficient (Wildman–Crippen LogP) is 3.09. The van der Waals surface area contributed by atoms with Crippen LogP contribution in [0, 0.1) is 6.92 Å². The van der Waals surface area contributed by atoms with E-state index in [1.54, 1.807) is 6.21 Å². The van der Waals surface area contributed by atoms with Crippen molar-refractivity contribution in [3.63, 3.8) is 0 Å². The third-order valence-electron chi connectivity index (χ3n) is 3.18. The summed E-state index contributed by atoms with van der Waals surface area (Å²) < 4.78 is 5.37. The lowest BCUT2D eigenvalue weighted by atomic mass is 10.1. The Morgan fingerprint density at radius 1 is 1.14 bits per heavy atom. The van der Waals surface area contributed by atoms with Crippen LogP contribution in [0.4, 0.5) is 0 Å². The van der Waals surface area contributed by atoms with E-state index in [2.05, 4.69) is 17.5 Å². The van der Waals surface area contributed by atoms with E-state index in [1.807, 2.05) is 55.5 Å². The van der Waals surface area contributed by atoms with Crippen LogP contribution in [0.5, 0.6) is 5.75 Å². The lowest BCUT2D eigenvalue weighted by Crippen LogP contribution is -2.24. The van der Waals surface area contributed by atoms with Gasteiger partial charge in [-0.15, -0.1) is 0 Å². The number of nitrogens with zero attached hydrogens (tertiary/aromatic N) is 1. The first kappa shape index (κ1) is 15.8. The fourth-order valence-corrected chi connectivity index (χ4v) is 1.83. The second kappa shape index (κ2) is 7.98. The van der Waals surface area contributed by atoms with Crippen molar-refractivity contribution < 1.29 is 9.53 Å². The zero-order valence-electron chi connectivity index (χ0n) is 12.9. The first-order valence-corrected chi connectivity index (χ1v) is 7.27. The first-order chi connectivity index (χ1) is 10.7. The highest BCUT2D eigenvalue weighted by molar-refractivity contribution is 5.82. The molecule has 22 heavy (non-hydrogen) atoms. The quantitative estimate of drug-likeness (QED) is 0.658. The number of amides is 1. The van der Waals surface area contributed by atoms with Gasteiger partial charge in [0.05, 0.1) is 6.21 Å². The average molecular weight is 296 g/mol. The smallest absolute Gasteiger partial charge is 0.277 e. The molecule has 0 aliphatic heterocycles. The molecule has 0 aliphatic rings. The molecule has 0 fully saturated rings. The van der Waals surface area contributed by atoms with Gasteiger partial charge in [0.25, 0.3) is 5.91 Å². The van der Waals surface area contributed by atoms with Crippen LogP contribution in [-0.2, 0) is 11.2 Å². The SMILES string of the molecule is CCc1ccc(/C=N/NC(=O)COc2ccc(C)cc2)cc1. The fraction of sp³-hybridized carbons (Fsp3) is 0.222. The van der Waals surface area contributed by atoms with Gasteiger partial charge in [0.2, 0.25) is 0 Å². The molecule has 4 heteroatoms. The highest BCUT2D eigenvalue weighted by Crippen LogP contribution is 2.10. The standard InChI is InChI=1S/C18H20N2O2/c1-3-15-6-8-16(9-7-15)12-19-20-18(21)13-22-17-10-4-14(2)5-11-17/h4-12H,3,13H2,1-2H3,(H,20,21)/b19-12+. The largest absolute Gasteiger partial charge is 0.484 e. The molecule has 1 N–H and O–H groups in total. The molecule has 0 heterocycles. The van der Waals surface area contributed by atoms with E-state index in [-0.39, 0.29) is 12.5 Å². The van der Waals surface area contributed by atoms with Crippen molar-refractivity contribution in [3.05, 3.63) is 65.2 Å². The van der Waals surface area contributed by atoms with Crippen LogP contribution < -0.4 is 10.2 Å². The maximum atomic E-state index is 11.6. The third-order valence-corrected chi connectivity index (χ3v) is 3.18. The number of hydrogen-bond acceptors (Lipinski definition) is 3. The van der Waals surface area contributed by atoms with Gasteiger partial charge in [-0.25, -0.2) is 5.43 Å². The molecule has 0 aliphatic carbocycles. The molecular formula is C18H20N2O2. The number of benzene rings is 2. The number of aryl methyl sites for hydroxylation is 2. The summed E-state index contributed by atoms with van der Waals surface area (Å²) in [6, 6.07) is 15.6. The lowest BCUT2D eigenvalue weighted by molar-refractivity contribution is -0.123. The van der Waals surface area contributed by atoms with Gasteiger partial charge in [-0.2, -0.15) is 5.10 Å². The Labute approximate surface area is 130 Å². The summed E-state index contributed by atoms with van der Waals surface area (Å²) in [6.45, 7) is 4.05. The van der Waals surface area contributed by atoms with E-state index < -0.39 is 0 Å². The highest BCUT2D eigenvalue weighted by atomic mass is 16.5. The molecule has 0 saturated carbocycles. The van der Waals surface area contributed by atoms with Crippen LogP contribution in [0.25, 0.3) is 0 Å².